The van der Waals surface area contributed by atoms with Crippen LogP contribution < -0.4 is 28.4 Å². The Bertz CT molecular complexity index is 1350. The average Bonchev–Trinajstić information content (AvgIpc) is 2.79. The zero-order chi connectivity index (χ0) is 29.7. The van der Waals surface area contributed by atoms with Crippen LogP contribution in [0, 0.1) is 0 Å². The minimum atomic E-state index is -1.12. The summed E-state index contributed by atoms with van der Waals surface area (Å²) < 4.78 is 37.7. The Balaban J connectivity index is 2.23. The summed E-state index contributed by atoms with van der Waals surface area (Å²) in [5.74, 6) is -5.04. The highest BCUT2D eigenvalue weighted by atomic mass is 16.6. The van der Waals surface area contributed by atoms with Crippen molar-refractivity contribution in [1.82, 2.24) is 0 Å². The highest BCUT2D eigenvalue weighted by Crippen LogP contribution is 2.47. The van der Waals surface area contributed by atoms with E-state index in [4.69, 9.17) is 33.2 Å². The van der Waals surface area contributed by atoms with Gasteiger partial charge in [-0.3, -0.25) is 28.8 Å². The standard InChI is InChI=1S/C27H26O13/c1-12(28)34-19-9-21(35-13(2)29)20-11-25(38-16(5)32)26(40-22(20)10-19)18-7-23(36-14(3)30)27(39-17(6)33)24(8-18)37-15(4)31/h7-10,25-26H,11H2,1-6H3/t25-,26-/m0/s1. The maximum absolute atomic E-state index is 12.0. The lowest BCUT2D eigenvalue weighted by molar-refractivity contribution is -0.152. The van der Waals surface area contributed by atoms with Crippen LogP contribution in [0.25, 0.3) is 0 Å². The van der Waals surface area contributed by atoms with Gasteiger partial charge in [0.2, 0.25) is 5.75 Å². The van der Waals surface area contributed by atoms with E-state index >= 15 is 0 Å². The van der Waals surface area contributed by atoms with Gasteiger partial charge in [0.1, 0.15) is 23.4 Å². The third-order valence-corrected chi connectivity index (χ3v) is 5.10. The molecule has 13 heteroatoms. The minimum Gasteiger partial charge on any atom is -0.481 e. The van der Waals surface area contributed by atoms with E-state index in [-0.39, 0.29) is 46.5 Å². The lowest BCUT2D eigenvalue weighted by atomic mass is 9.93. The van der Waals surface area contributed by atoms with Crippen molar-refractivity contribution in [2.24, 2.45) is 0 Å². The topological polar surface area (TPSA) is 167 Å². The molecule has 2 aromatic carbocycles. The molecule has 0 radical (unpaired) electrons. The van der Waals surface area contributed by atoms with Gasteiger partial charge < -0.3 is 33.2 Å². The average molecular weight is 558 g/mol. The molecule has 0 unspecified atom stereocenters. The molecular weight excluding hydrogens is 532 g/mol. The van der Waals surface area contributed by atoms with Crippen molar-refractivity contribution in [2.45, 2.75) is 60.2 Å². The summed E-state index contributed by atoms with van der Waals surface area (Å²) in [5, 5.41) is 0. The summed E-state index contributed by atoms with van der Waals surface area (Å²) >= 11 is 0. The first kappa shape index (κ1) is 29.6. The predicted octanol–water partition coefficient (Wildman–Crippen LogP) is 2.92. The van der Waals surface area contributed by atoms with Crippen molar-refractivity contribution in [3.8, 4) is 34.5 Å². The molecule has 3 rings (SSSR count). The van der Waals surface area contributed by atoms with Crippen LogP contribution in [0.3, 0.4) is 0 Å². The van der Waals surface area contributed by atoms with Crippen molar-refractivity contribution in [3.63, 3.8) is 0 Å². The molecule has 13 nitrogen and oxygen atoms in total. The summed E-state index contributed by atoms with van der Waals surface area (Å²) in [5.41, 5.74) is 0.526. The van der Waals surface area contributed by atoms with Gasteiger partial charge in [0.25, 0.3) is 0 Å². The number of fused-ring (bicyclic) bond motifs is 1. The van der Waals surface area contributed by atoms with Gasteiger partial charge in [0, 0.05) is 71.2 Å². The van der Waals surface area contributed by atoms with Crippen LogP contribution in [-0.4, -0.2) is 41.9 Å². The minimum absolute atomic E-state index is 0.0126. The summed E-state index contributed by atoms with van der Waals surface area (Å²) in [7, 11) is 0. The second kappa shape index (κ2) is 12.3. The van der Waals surface area contributed by atoms with E-state index < -0.39 is 48.0 Å². The SMILES string of the molecule is CC(=O)Oc1cc(OC(C)=O)c2c(c1)O[C@@H](c1cc(OC(C)=O)c(OC(C)=O)c(OC(C)=O)c1)[C@@H](OC(C)=O)C2. The summed E-state index contributed by atoms with van der Waals surface area (Å²) in [6.07, 6.45) is -2.18. The van der Waals surface area contributed by atoms with Crippen LogP contribution in [0.2, 0.25) is 0 Å². The van der Waals surface area contributed by atoms with Crippen LogP contribution in [0.1, 0.15) is 58.8 Å². The molecule has 1 heterocycles. The van der Waals surface area contributed by atoms with Gasteiger partial charge in [0.15, 0.2) is 17.6 Å². The number of hydrogen-bond acceptors (Lipinski definition) is 13. The van der Waals surface area contributed by atoms with Gasteiger partial charge in [0.05, 0.1) is 0 Å². The van der Waals surface area contributed by atoms with Crippen LogP contribution in [0.5, 0.6) is 34.5 Å². The highest BCUT2D eigenvalue weighted by Gasteiger charge is 2.38. The number of esters is 6. The van der Waals surface area contributed by atoms with Gasteiger partial charge in [-0.25, -0.2) is 0 Å². The summed E-state index contributed by atoms with van der Waals surface area (Å²) in [6.45, 7) is 6.86. The molecule has 2 atom stereocenters. The number of carbonyl (C=O) groups excluding carboxylic acids is 6. The van der Waals surface area contributed by atoms with Gasteiger partial charge in [-0.2, -0.15) is 0 Å². The fraction of sp³-hybridized carbons (Fsp3) is 0.333. The van der Waals surface area contributed by atoms with Crippen molar-refractivity contribution in [2.75, 3.05) is 0 Å². The maximum atomic E-state index is 12.0. The Hall–Kier alpha value is -4.94. The maximum Gasteiger partial charge on any atom is 0.308 e. The second-order valence-corrected chi connectivity index (χ2v) is 8.60. The Kier molecular flexibility index (Phi) is 9.09. The van der Waals surface area contributed by atoms with E-state index in [1.807, 2.05) is 0 Å². The zero-order valence-corrected chi connectivity index (χ0v) is 22.5. The highest BCUT2D eigenvalue weighted by molar-refractivity contribution is 5.78. The number of carbonyl (C=O) groups is 6. The Morgan fingerprint density at radius 3 is 1.60 bits per heavy atom. The Morgan fingerprint density at radius 1 is 0.625 bits per heavy atom. The lowest BCUT2D eigenvalue weighted by Gasteiger charge is -2.34. The molecule has 1 aliphatic heterocycles. The lowest BCUT2D eigenvalue weighted by Crippen LogP contribution is -2.34. The fourth-order valence-corrected chi connectivity index (χ4v) is 3.96. The number of ether oxygens (including phenoxy) is 7. The van der Waals surface area contributed by atoms with Crippen molar-refractivity contribution < 1.29 is 61.9 Å². The monoisotopic (exact) mass is 558 g/mol. The first-order chi connectivity index (χ1) is 18.7. The van der Waals surface area contributed by atoms with Gasteiger partial charge in [-0.1, -0.05) is 0 Å². The number of rotatable bonds is 7. The van der Waals surface area contributed by atoms with E-state index in [0.29, 0.717) is 5.56 Å². The van der Waals surface area contributed by atoms with E-state index in [2.05, 4.69) is 0 Å². The van der Waals surface area contributed by atoms with E-state index in [0.717, 1.165) is 20.8 Å². The molecule has 0 amide bonds. The Morgan fingerprint density at radius 2 is 1.12 bits per heavy atom. The molecule has 0 fully saturated rings. The third kappa shape index (κ3) is 7.56. The fourth-order valence-electron chi connectivity index (χ4n) is 3.96. The number of hydrogen-bond donors (Lipinski definition) is 0. The molecule has 0 aromatic heterocycles. The van der Waals surface area contributed by atoms with Gasteiger partial charge in [-0.05, 0) is 12.1 Å². The molecule has 0 N–H and O–H groups in total. The summed E-state index contributed by atoms with van der Waals surface area (Å²) in [4.78, 5) is 70.8. The molecular formula is C27H26O13. The molecule has 40 heavy (non-hydrogen) atoms. The Labute approximate surface area is 228 Å². The van der Waals surface area contributed by atoms with E-state index in [9.17, 15) is 28.8 Å². The first-order valence-electron chi connectivity index (χ1n) is 11.8. The van der Waals surface area contributed by atoms with Crippen LogP contribution in [-0.2, 0) is 39.9 Å². The van der Waals surface area contributed by atoms with Crippen LogP contribution in [0.15, 0.2) is 24.3 Å². The van der Waals surface area contributed by atoms with E-state index in [1.54, 1.807) is 0 Å². The normalized spacial score (nSPS) is 15.4. The van der Waals surface area contributed by atoms with Crippen molar-refractivity contribution >= 4 is 35.8 Å². The van der Waals surface area contributed by atoms with Crippen LogP contribution >= 0.6 is 0 Å². The third-order valence-electron chi connectivity index (χ3n) is 5.10. The molecule has 0 spiro atoms. The smallest absolute Gasteiger partial charge is 0.308 e. The second-order valence-electron chi connectivity index (χ2n) is 8.60. The summed E-state index contributed by atoms with van der Waals surface area (Å²) in [6, 6.07) is 5.29. The molecule has 2 aromatic rings. The quantitative estimate of drug-likeness (QED) is 0.360. The van der Waals surface area contributed by atoms with Crippen molar-refractivity contribution in [3.05, 3.63) is 35.4 Å². The van der Waals surface area contributed by atoms with Crippen LogP contribution in [0.4, 0.5) is 0 Å². The molecule has 0 aliphatic carbocycles. The largest absolute Gasteiger partial charge is 0.481 e. The first-order valence-corrected chi connectivity index (χ1v) is 11.8. The molecule has 0 saturated heterocycles. The van der Waals surface area contributed by atoms with Gasteiger partial charge in [-0.15, -0.1) is 0 Å². The van der Waals surface area contributed by atoms with Gasteiger partial charge >= 0.3 is 35.8 Å². The molecule has 0 bridgehead atoms. The predicted molar refractivity (Wildman–Crippen MR) is 132 cm³/mol. The van der Waals surface area contributed by atoms with E-state index in [1.165, 1.54) is 45.0 Å². The zero-order valence-electron chi connectivity index (χ0n) is 22.5. The molecule has 212 valence electrons. The molecule has 0 saturated carbocycles. The molecule has 1 aliphatic rings. The van der Waals surface area contributed by atoms with Crippen molar-refractivity contribution in [1.29, 1.82) is 0 Å². The number of benzene rings is 2.